The molecule has 1 amide bonds. The summed E-state index contributed by atoms with van der Waals surface area (Å²) in [4.78, 5) is 30.6. The second-order valence-electron chi connectivity index (χ2n) is 11.4. The van der Waals surface area contributed by atoms with Crippen LogP contribution in [0.4, 0.5) is 11.5 Å². The third-order valence-corrected chi connectivity index (χ3v) is 9.95. The molecule has 1 aromatic carbocycles. The number of amides is 1. The van der Waals surface area contributed by atoms with Gasteiger partial charge in [0.1, 0.15) is 22.7 Å². The molecule has 3 aromatic heterocycles. The molecule has 6 heterocycles. The Kier molecular flexibility index (Phi) is 6.95. The predicted octanol–water partition coefficient (Wildman–Crippen LogP) is 2.29. The molecule has 45 heavy (non-hydrogen) atoms. The predicted molar refractivity (Wildman–Crippen MR) is 165 cm³/mol. The van der Waals surface area contributed by atoms with Crippen molar-refractivity contribution in [1.82, 2.24) is 34.7 Å². The molecule has 3 aliphatic heterocycles. The Morgan fingerprint density at radius 3 is 2.49 bits per heavy atom. The zero-order valence-electron chi connectivity index (χ0n) is 24.9. The molecule has 2 saturated heterocycles. The molecule has 15 nitrogen and oxygen atoms in total. The highest BCUT2D eigenvalue weighted by Gasteiger charge is 2.46. The van der Waals surface area contributed by atoms with Gasteiger partial charge in [0.05, 0.1) is 38.1 Å². The lowest BCUT2D eigenvalue weighted by Gasteiger charge is -2.38. The number of aliphatic imine (C=N–C) groups is 1. The van der Waals surface area contributed by atoms with Gasteiger partial charge in [0.2, 0.25) is 5.82 Å². The lowest BCUT2D eigenvalue weighted by Crippen LogP contribution is -2.46. The SMILES string of the molecule is COc1ccc(C2=CCN(c3cnn4c(N)c(S(C)(=O)=O)c(C5C[C@H]6CC[C@@H](C5)N6C(=O)c5ncn[nH]5)nc34)C=N2)cc1OC. The third-order valence-electron chi connectivity index (χ3n) is 8.79. The maximum absolute atomic E-state index is 13.2. The number of carbonyl (C=O) groups is 1. The van der Waals surface area contributed by atoms with E-state index in [1.54, 1.807) is 26.8 Å². The van der Waals surface area contributed by atoms with Crippen LogP contribution >= 0.6 is 0 Å². The van der Waals surface area contributed by atoms with E-state index in [2.05, 4.69) is 25.3 Å². The van der Waals surface area contributed by atoms with Crippen molar-refractivity contribution in [1.29, 1.82) is 0 Å². The molecule has 2 fully saturated rings. The number of aromatic nitrogens is 6. The third kappa shape index (κ3) is 4.85. The highest BCUT2D eigenvalue weighted by Crippen LogP contribution is 2.45. The number of sulfone groups is 1. The van der Waals surface area contributed by atoms with Crippen molar-refractivity contribution in [3.63, 3.8) is 0 Å². The fraction of sp³-hybridized carbons (Fsp3) is 0.379. The fourth-order valence-electron chi connectivity index (χ4n) is 6.79. The zero-order valence-corrected chi connectivity index (χ0v) is 25.7. The Balaban J connectivity index is 1.21. The normalized spacial score (nSPS) is 21.3. The summed E-state index contributed by atoms with van der Waals surface area (Å²) in [5.41, 5.74) is 9.64. The van der Waals surface area contributed by atoms with E-state index in [0.29, 0.717) is 47.9 Å². The van der Waals surface area contributed by atoms with Gasteiger partial charge >= 0.3 is 0 Å². The van der Waals surface area contributed by atoms with Gasteiger partial charge in [-0.15, -0.1) is 0 Å². The van der Waals surface area contributed by atoms with Gasteiger partial charge in [0, 0.05) is 36.4 Å². The first-order chi connectivity index (χ1) is 21.7. The zero-order chi connectivity index (χ0) is 31.5. The number of benzene rings is 1. The quantitative estimate of drug-likeness (QED) is 0.304. The van der Waals surface area contributed by atoms with Gasteiger partial charge in [-0.1, -0.05) is 0 Å². The molecular weight excluding hydrogens is 600 g/mol. The number of hydrogen-bond acceptors (Lipinski definition) is 12. The van der Waals surface area contributed by atoms with Crippen molar-refractivity contribution in [3.05, 3.63) is 53.9 Å². The van der Waals surface area contributed by atoms with E-state index < -0.39 is 9.84 Å². The van der Waals surface area contributed by atoms with Gasteiger partial charge in [0.25, 0.3) is 5.91 Å². The number of nitrogens with one attached hydrogen (secondary N) is 1. The molecule has 3 atom stereocenters. The van der Waals surface area contributed by atoms with Gasteiger partial charge in [-0.2, -0.15) is 14.7 Å². The highest BCUT2D eigenvalue weighted by molar-refractivity contribution is 7.91. The first kappa shape index (κ1) is 28.8. The highest BCUT2D eigenvalue weighted by atomic mass is 32.2. The summed E-state index contributed by atoms with van der Waals surface area (Å²) in [6, 6.07) is 5.44. The molecule has 0 aliphatic carbocycles. The summed E-state index contributed by atoms with van der Waals surface area (Å²) in [5.74, 6) is 1.00. The van der Waals surface area contributed by atoms with Crippen molar-refractivity contribution in [2.45, 2.75) is 48.6 Å². The van der Waals surface area contributed by atoms with E-state index in [4.69, 9.17) is 20.2 Å². The van der Waals surface area contributed by atoms with Gasteiger partial charge < -0.3 is 25.0 Å². The second-order valence-corrected chi connectivity index (χ2v) is 13.4. The van der Waals surface area contributed by atoms with E-state index in [9.17, 15) is 13.2 Å². The summed E-state index contributed by atoms with van der Waals surface area (Å²) >= 11 is 0. The topological polar surface area (TPSA) is 186 Å². The first-order valence-electron chi connectivity index (χ1n) is 14.5. The smallest absolute Gasteiger partial charge is 0.291 e. The Labute approximate surface area is 258 Å². The molecule has 2 bridgehead atoms. The largest absolute Gasteiger partial charge is 0.493 e. The number of nitrogen functional groups attached to an aromatic ring is 1. The van der Waals surface area contributed by atoms with E-state index in [1.807, 2.05) is 34.1 Å². The lowest BCUT2D eigenvalue weighted by atomic mass is 9.87. The Morgan fingerprint density at radius 1 is 1.11 bits per heavy atom. The van der Waals surface area contributed by atoms with E-state index in [-0.39, 0.29) is 40.4 Å². The number of hydrogen-bond donors (Lipinski definition) is 2. The molecule has 16 heteroatoms. The molecule has 7 rings (SSSR count). The van der Waals surface area contributed by atoms with E-state index >= 15 is 0 Å². The van der Waals surface area contributed by atoms with Crippen molar-refractivity contribution < 1.29 is 22.7 Å². The number of rotatable bonds is 7. The number of ether oxygens (including phenoxy) is 2. The maximum Gasteiger partial charge on any atom is 0.291 e. The van der Waals surface area contributed by atoms with Crippen LogP contribution in [-0.4, -0.2) is 94.4 Å². The van der Waals surface area contributed by atoms with Crippen LogP contribution in [0.25, 0.3) is 11.3 Å². The molecule has 0 spiro atoms. The number of fused-ring (bicyclic) bond motifs is 3. The van der Waals surface area contributed by atoms with Gasteiger partial charge in [-0.3, -0.25) is 9.89 Å². The number of methoxy groups -OCH3 is 2. The number of aromatic amines is 1. The van der Waals surface area contributed by atoms with E-state index in [0.717, 1.165) is 30.4 Å². The standard InChI is InChI=1S/C29H32N10O5S/c1-43-22-7-4-16(12-23(22)44-2)20-8-9-37(15-32-20)21-13-34-39-26(30)25(45(3,41)42)24(35-28(21)39)17-10-18-5-6-19(11-17)38(18)29(40)27-31-14-33-36-27/h4,7-8,12-15,17-19H,5-6,9-11,30H2,1-3H3,(H,31,33,36)/t17?,18-,19+. The minimum absolute atomic E-state index is 0.00627. The number of nitrogens with zero attached hydrogens (tertiary/aromatic N) is 8. The van der Waals surface area contributed by atoms with Crippen LogP contribution in [0, 0.1) is 0 Å². The summed E-state index contributed by atoms with van der Waals surface area (Å²) < 4.78 is 38.4. The molecule has 0 radical (unpaired) electrons. The molecule has 4 aromatic rings. The maximum atomic E-state index is 13.2. The molecule has 3 aliphatic rings. The van der Waals surface area contributed by atoms with Crippen LogP contribution < -0.4 is 20.1 Å². The van der Waals surface area contributed by atoms with Crippen molar-refractivity contribution in [2.24, 2.45) is 4.99 Å². The van der Waals surface area contributed by atoms with Gasteiger partial charge in [0.15, 0.2) is 27.0 Å². The van der Waals surface area contributed by atoms with Crippen LogP contribution in [-0.2, 0) is 9.84 Å². The van der Waals surface area contributed by atoms with Crippen molar-refractivity contribution in [2.75, 3.05) is 37.7 Å². The molecule has 0 saturated carbocycles. The molecule has 234 valence electrons. The number of anilines is 2. The molecule has 1 unspecified atom stereocenters. The summed E-state index contributed by atoms with van der Waals surface area (Å²) in [6.07, 6.45) is 10.4. The Morgan fingerprint density at radius 2 is 1.87 bits per heavy atom. The molecule has 3 N–H and O–H groups in total. The number of piperidine rings is 1. The summed E-state index contributed by atoms with van der Waals surface area (Å²) in [7, 11) is -0.598. The average molecular weight is 633 g/mol. The summed E-state index contributed by atoms with van der Waals surface area (Å²) in [6.45, 7) is 0.464. The average Bonchev–Trinajstić information content (AvgIpc) is 3.78. The van der Waals surface area contributed by atoms with Crippen molar-refractivity contribution >= 4 is 44.9 Å². The van der Waals surface area contributed by atoms with Crippen LogP contribution in [0.2, 0.25) is 0 Å². The monoisotopic (exact) mass is 632 g/mol. The minimum atomic E-state index is -3.77. The summed E-state index contributed by atoms with van der Waals surface area (Å²) in [5, 5.41) is 10.9. The first-order valence-corrected chi connectivity index (χ1v) is 16.4. The number of carbonyl (C=O) groups excluding carboxylic acids is 1. The molecular formula is C29H32N10O5S. The van der Waals surface area contributed by atoms with Crippen LogP contribution in [0.5, 0.6) is 11.5 Å². The second kappa shape index (κ2) is 10.9. The van der Waals surface area contributed by atoms with Gasteiger partial charge in [-0.25, -0.2) is 23.4 Å². The van der Waals surface area contributed by atoms with Crippen molar-refractivity contribution in [3.8, 4) is 11.5 Å². The van der Waals surface area contributed by atoms with Crippen LogP contribution in [0.15, 0.2) is 46.7 Å². The van der Waals surface area contributed by atoms with Gasteiger partial charge in [-0.05, 0) is 50.0 Å². The lowest BCUT2D eigenvalue weighted by molar-refractivity contribution is 0.0556. The van der Waals surface area contributed by atoms with Crippen LogP contribution in [0.3, 0.4) is 0 Å². The van der Waals surface area contributed by atoms with Crippen LogP contribution in [0.1, 0.15) is 53.5 Å². The number of H-pyrrole nitrogens is 1. The number of nitrogens with two attached hydrogens (primary N) is 1. The van der Waals surface area contributed by atoms with E-state index in [1.165, 1.54) is 10.8 Å². The Bertz CT molecular complexity index is 1960. The Hall–Kier alpha value is -4.99. The minimum Gasteiger partial charge on any atom is -0.493 e. The fourth-order valence-corrected chi connectivity index (χ4v) is 7.85.